The number of benzene rings is 1. The average Bonchev–Trinajstić information content (AvgIpc) is 2.56. The van der Waals surface area contributed by atoms with Crippen LogP contribution < -0.4 is 0 Å². The summed E-state index contributed by atoms with van der Waals surface area (Å²) < 4.78 is 5.19. The number of ketones is 1. The summed E-state index contributed by atoms with van der Waals surface area (Å²) in [6.45, 7) is 14.8. The van der Waals surface area contributed by atoms with Crippen LogP contribution in [0.3, 0.4) is 0 Å². The molecule has 0 saturated carbocycles. The minimum Gasteiger partial charge on any atom is -0.507 e. The molecule has 1 aromatic carbocycles. The number of rotatable bonds is 8. The minimum absolute atomic E-state index is 0.0725. The van der Waals surface area contributed by atoms with Crippen LogP contribution in [0.15, 0.2) is 17.7 Å². The Morgan fingerprint density at radius 1 is 1.00 bits per heavy atom. The second kappa shape index (κ2) is 9.19. The molecule has 140 valence electrons. The number of carbonyl (C=O) groups excluding carboxylic acids is 1. The van der Waals surface area contributed by atoms with Gasteiger partial charge in [0.1, 0.15) is 5.76 Å². The molecule has 0 aliphatic heterocycles. The highest BCUT2D eigenvalue weighted by molar-refractivity contribution is 6.01. The van der Waals surface area contributed by atoms with Gasteiger partial charge in [-0.15, -0.1) is 0 Å². The first kappa shape index (κ1) is 21.4. The second-order valence-corrected chi connectivity index (χ2v) is 7.58. The fourth-order valence-corrected chi connectivity index (χ4v) is 3.02. The Hall–Kier alpha value is -1.61. The number of aliphatic hydroxyl groups is 1. The van der Waals surface area contributed by atoms with Crippen LogP contribution in [-0.4, -0.2) is 24.6 Å². The van der Waals surface area contributed by atoms with Crippen LogP contribution in [0.5, 0.6) is 0 Å². The molecule has 1 rings (SSSR count). The summed E-state index contributed by atoms with van der Waals surface area (Å²) in [6.07, 6.45) is 0.348. The van der Waals surface area contributed by atoms with Crippen molar-refractivity contribution in [2.45, 2.75) is 72.6 Å². The topological polar surface area (TPSA) is 46.5 Å². The molecule has 3 heteroatoms. The minimum atomic E-state index is -0.0725. The zero-order valence-corrected chi connectivity index (χ0v) is 17.1. The highest BCUT2D eigenvalue weighted by Crippen LogP contribution is 2.36. The summed E-state index contributed by atoms with van der Waals surface area (Å²) in [6, 6.07) is 4.35. The molecule has 0 unspecified atom stereocenters. The number of hydrogen-bond donors (Lipinski definition) is 1. The van der Waals surface area contributed by atoms with Gasteiger partial charge in [-0.3, -0.25) is 4.79 Å². The maximum atomic E-state index is 12.4. The average molecular weight is 347 g/mol. The van der Waals surface area contributed by atoms with Crippen LogP contribution in [-0.2, 0) is 9.53 Å². The first-order chi connectivity index (χ1) is 11.6. The molecule has 0 radical (unpaired) electrons. The fraction of sp³-hybridized carbons (Fsp3) is 0.591. The molecule has 0 bridgehead atoms. The number of carbonyl (C=O) groups is 1. The maximum Gasteiger partial charge on any atom is 0.164 e. The molecule has 3 nitrogen and oxygen atoms in total. The lowest BCUT2D eigenvalue weighted by Crippen LogP contribution is -2.13. The lowest BCUT2D eigenvalue weighted by atomic mass is 9.82. The Morgan fingerprint density at radius 3 is 1.80 bits per heavy atom. The zero-order chi connectivity index (χ0) is 19.3. The molecule has 25 heavy (non-hydrogen) atoms. The van der Waals surface area contributed by atoms with E-state index in [9.17, 15) is 9.90 Å². The molecule has 0 fully saturated rings. The third kappa shape index (κ3) is 4.94. The van der Waals surface area contributed by atoms with Crippen molar-refractivity contribution in [3.05, 3.63) is 40.0 Å². The highest BCUT2D eigenvalue weighted by atomic mass is 16.5. The van der Waals surface area contributed by atoms with Crippen molar-refractivity contribution in [3.63, 3.8) is 0 Å². The van der Waals surface area contributed by atoms with Crippen molar-refractivity contribution >= 4 is 11.5 Å². The number of aliphatic hydroxyl groups excluding tert-OH is 1. The molecule has 0 heterocycles. The molecule has 0 atom stereocenters. The molecular formula is C22H34O3. The molecule has 1 N–H and O–H groups in total. The molecule has 0 aliphatic rings. The Labute approximate surface area is 153 Å². The van der Waals surface area contributed by atoms with Crippen LogP contribution >= 0.6 is 0 Å². The van der Waals surface area contributed by atoms with Gasteiger partial charge in [0.25, 0.3) is 0 Å². The lowest BCUT2D eigenvalue weighted by Gasteiger charge is -2.23. The quantitative estimate of drug-likeness (QED) is 0.467. The van der Waals surface area contributed by atoms with Gasteiger partial charge in [0, 0.05) is 19.1 Å². The van der Waals surface area contributed by atoms with E-state index in [1.807, 2.05) is 0 Å². The van der Waals surface area contributed by atoms with Gasteiger partial charge in [0.15, 0.2) is 5.78 Å². The van der Waals surface area contributed by atoms with E-state index in [0.717, 1.165) is 16.7 Å². The fourth-order valence-electron chi connectivity index (χ4n) is 3.02. The number of hydrogen-bond acceptors (Lipinski definition) is 3. The molecule has 0 aliphatic carbocycles. The van der Waals surface area contributed by atoms with Gasteiger partial charge in [0.2, 0.25) is 0 Å². The van der Waals surface area contributed by atoms with Crippen molar-refractivity contribution in [2.24, 2.45) is 0 Å². The summed E-state index contributed by atoms with van der Waals surface area (Å²) in [5.41, 5.74) is 4.61. The van der Waals surface area contributed by atoms with Crippen molar-refractivity contribution in [3.8, 4) is 0 Å². The number of methoxy groups -OCH3 is 1. The van der Waals surface area contributed by atoms with E-state index in [1.54, 1.807) is 14.0 Å². The second-order valence-electron chi connectivity index (χ2n) is 7.58. The monoisotopic (exact) mass is 346 g/mol. The first-order valence-electron chi connectivity index (χ1n) is 9.27. The predicted octanol–water partition coefficient (Wildman–Crippen LogP) is 5.95. The predicted molar refractivity (Wildman–Crippen MR) is 105 cm³/mol. The normalized spacial score (nSPS) is 12.9. The van der Waals surface area contributed by atoms with Crippen molar-refractivity contribution in [2.75, 3.05) is 13.7 Å². The standard InChI is InChI=1S/C22H34O3/c1-9-20(23)19(12-25-8)22(24)21-17(14(4)5)10-16(13(2)3)11-18(21)15(6)7/h10-11,13-15,24H,9,12H2,1-8H3/b22-19-. The van der Waals surface area contributed by atoms with Crippen molar-refractivity contribution in [1.29, 1.82) is 0 Å². The van der Waals surface area contributed by atoms with Gasteiger partial charge in [0.05, 0.1) is 12.2 Å². The van der Waals surface area contributed by atoms with E-state index in [0.29, 0.717) is 17.9 Å². The van der Waals surface area contributed by atoms with Crippen LogP contribution in [0.25, 0.3) is 5.76 Å². The maximum absolute atomic E-state index is 12.4. The summed E-state index contributed by atoms with van der Waals surface area (Å²) in [5.74, 6) is 0.904. The molecule has 0 spiro atoms. The van der Waals surface area contributed by atoms with Crippen LogP contribution in [0, 0.1) is 0 Å². The van der Waals surface area contributed by atoms with E-state index in [4.69, 9.17) is 4.74 Å². The lowest BCUT2D eigenvalue weighted by molar-refractivity contribution is -0.115. The van der Waals surface area contributed by atoms with Gasteiger partial charge in [-0.05, 0) is 34.4 Å². The van der Waals surface area contributed by atoms with Gasteiger partial charge in [-0.1, -0.05) is 60.6 Å². The largest absolute Gasteiger partial charge is 0.507 e. The van der Waals surface area contributed by atoms with Crippen LogP contribution in [0.4, 0.5) is 0 Å². The summed E-state index contributed by atoms with van der Waals surface area (Å²) in [5, 5.41) is 11.1. The summed E-state index contributed by atoms with van der Waals surface area (Å²) in [4.78, 5) is 12.4. The zero-order valence-electron chi connectivity index (χ0n) is 17.1. The summed E-state index contributed by atoms with van der Waals surface area (Å²) in [7, 11) is 1.55. The van der Waals surface area contributed by atoms with E-state index < -0.39 is 0 Å². The summed E-state index contributed by atoms with van der Waals surface area (Å²) >= 11 is 0. The smallest absolute Gasteiger partial charge is 0.164 e. The number of Topliss-reactive ketones (excluding diaryl/α,β-unsaturated/α-hetero) is 1. The Morgan fingerprint density at radius 2 is 1.48 bits per heavy atom. The third-order valence-electron chi connectivity index (χ3n) is 4.60. The SMILES string of the molecule is CCC(=O)/C(COC)=C(\O)c1c(C(C)C)cc(C(C)C)cc1C(C)C. The van der Waals surface area contributed by atoms with E-state index in [1.165, 1.54) is 5.56 Å². The van der Waals surface area contributed by atoms with E-state index in [-0.39, 0.29) is 30.0 Å². The first-order valence-corrected chi connectivity index (χ1v) is 9.27. The highest BCUT2D eigenvalue weighted by Gasteiger charge is 2.24. The van der Waals surface area contributed by atoms with Crippen LogP contribution in [0.2, 0.25) is 0 Å². The van der Waals surface area contributed by atoms with Gasteiger partial charge in [-0.2, -0.15) is 0 Å². The van der Waals surface area contributed by atoms with E-state index >= 15 is 0 Å². The van der Waals surface area contributed by atoms with Gasteiger partial charge in [-0.25, -0.2) is 0 Å². The number of ether oxygens (including phenoxy) is 1. The molecular weight excluding hydrogens is 312 g/mol. The van der Waals surface area contributed by atoms with Crippen LogP contribution in [0.1, 0.15) is 94.9 Å². The third-order valence-corrected chi connectivity index (χ3v) is 4.60. The van der Waals surface area contributed by atoms with Crippen molar-refractivity contribution in [1.82, 2.24) is 0 Å². The van der Waals surface area contributed by atoms with Gasteiger partial charge < -0.3 is 9.84 Å². The Bertz CT molecular complexity index is 608. The molecule has 0 amide bonds. The van der Waals surface area contributed by atoms with Crippen molar-refractivity contribution < 1.29 is 14.6 Å². The van der Waals surface area contributed by atoms with E-state index in [2.05, 4.69) is 53.7 Å². The van der Waals surface area contributed by atoms with Gasteiger partial charge >= 0.3 is 0 Å². The molecule has 1 aromatic rings. The molecule has 0 saturated heterocycles. The molecule has 0 aromatic heterocycles. The Kier molecular flexibility index (Phi) is 7.88. The Balaban J connectivity index is 3.84.